The highest BCUT2D eigenvalue weighted by atomic mass is 16.5. The first-order valence-corrected chi connectivity index (χ1v) is 11.0. The van der Waals surface area contributed by atoms with Crippen LogP contribution in [0.1, 0.15) is 38.8 Å². The molecule has 164 valence electrons. The number of nitrogens with zero attached hydrogens (tertiary/aromatic N) is 4. The second kappa shape index (κ2) is 10.9. The Balaban J connectivity index is 1.57. The second-order valence-electron chi connectivity index (χ2n) is 7.66. The van der Waals surface area contributed by atoms with Crippen molar-refractivity contribution in [3.8, 4) is 11.5 Å². The van der Waals surface area contributed by atoms with Gasteiger partial charge in [0.1, 0.15) is 0 Å². The van der Waals surface area contributed by atoms with E-state index in [1.54, 1.807) is 0 Å². The molecule has 0 saturated carbocycles. The van der Waals surface area contributed by atoms with Gasteiger partial charge in [-0.2, -0.15) is 0 Å². The first kappa shape index (κ1) is 22.0. The van der Waals surface area contributed by atoms with Gasteiger partial charge in [-0.1, -0.05) is 13.0 Å². The van der Waals surface area contributed by atoms with E-state index < -0.39 is 0 Å². The van der Waals surface area contributed by atoms with E-state index in [1.165, 1.54) is 5.56 Å². The summed E-state index contributed by atoms with van der Waals surface area (Å²) >= 11 is 0. The van der Waals surface area contributed by atoms with Crippen molar-refractivity contribution in [1.82, 2.24) is 19.8 Å². The first-order chi connectivity index (χ1) is 14.7. The molecule has 30 heavy (non-hydrogen) atoms. The molecule has 7 heteroatoms. The zero-order chi connectivity index (χ0) is 21.3. The van der Waals surface area contributed by atoms with Crippen molar-refractivity contribution in [2.45, 2.75) is 39.7 Å². The molecule has 1 fully saturated rings. The van der Waals surface area contributed by atoms with E-state index in [-0.39, 0.29) is 0 Å². The molecule has 0 aliphatic carbocycles. The Hall–Kier alpha value is -2.70. The lowest BCUT2D eigenvalue weighted by molar-refractivity contribution is 0.189. The van der Waals surface area contributed by atoms with E-state index in [9.17, 15) is 0 Å². The summed E-state index contributed by atoms with van der Waals surface area (Å²) in [4.78, 5) is 11.1. The van der Waals surface area contributed by atoms with Crippen molar-refractivity contribution < 1.29 is 9.47 Å². The van der Waals surface area contributed by atoms with E-state index in [0.29, 0.717) is 25.2 Å². The van der Waals surface area contributed by atoms with E-state index in [4.69, 9.17) is 9.47 Å². The highest BCUT2D eigenvalue weighted by Gasteiger charge is 2.28. The highest BCUT2D eigenvalue weighted by molar-refractivity contribution is 5.80. The van der Waals surface area contributed by atoms with Gasteiger partial charge in [0.25, 0.3) is 0 Å². The van der Waals surface area contributed by atoms with Crippen molar-refractivity contribution >= 4 is 5.96 Å². The molecule has 1 N–H and O–H groups in total. The summed E-state index contributed by atoms with van der Waals surface area (Å²) in [6, 6.07) is 6.60. The summed E-state index contributed by atoms with van der Waals surface area (Å²) in [5, 5.41) is 3.54. The smallest absolute Gasteiger partial charge is 0.193 e. The van der Waals surface area contributed by atoms with Crippen LogP contribution >= 0.6 is 0 Å². The van der Waals surface area contributed by atoms with Crippen LogP contribution in [0.3, 0.4) is 0 Å². The molecule has 2 heterocycles. The molecule has 1 saturated heterocycles. The lowest BCUT2D eigenvalue weighted by Crippen LogP contribution is -2.49. The van der Waals surface area contributed by atoms with Crippen molar-refractivity contribution in [3.63, 3.8) is 0 Å². The molecule has 0 spiro atoms. The molecule has 2 unspecified atom stereocenters. The third kappa shape index (κ3) is 5.46. The van der Waals surface area contributed by atoms with Gasteiger partial charge in [0.15, 0.2) is 17.5 Å². The summed E-state index contributed by atoms with van der Waals surface area (Å²) in [6.45, 7) is 10.3. The number of imidazole rings is 1. The van der Waals surface area contributed by atoms with Crippen LogP contribution in [0.5, 0.6) is 11.5 Å². The lowest BCUT2D eigenvalue weighted by Gasteiger charge is -2.39. The zero-order valence-corrected chi connectivity index (χ0v) is 18.7. The van der Waals surface area contributed by atoms with Crippen molar-refractivity contribution in [3.05, 3.63) is 42.5 Å². The summed E-state index contributed by atoms with van der Waals surface area (Å²) in [5.74, 6) is 3.20. The summed E-state index contributed by atoms with van der Waals surface area (Å²) in [6.07, 6.45) is 7.86. The normalized spacial score (nSPS) is 19.6. The fourth-order valence-electron chi connectivity index (χ4n) is 4.00. The number of guanidine groups is 1. The Kier molecular flexibility index (Phi) is 7.99. The highest BCUT2D eigenvalue weighted by Crippen LogP contribution is 2.29. The molecule has 0 bridgehead atoms. The molecule has 1 aromatic carbocycles. The maximum atomic E-state index is 5.75. The van der Waals surface area contributed by atoms with Crippen LogP contribution in [0.25, 0.3) is 0 Å². The largest absolute Gasteiger partial charge is 0.490 e. The van der Waals surface area contributed by atoms with Crippen LogP contribution in [0, 0.1) is 5.92 Å². The molecule has 2 aromatic rings. The van der Waals surface area contributed by atoms with E-state index >= 15 is 0 Å². The minimum atomic E-state index is 0.416. The third-order valence-corrected chi connectivity index (χ3v) is 5.64. The van der Waals surface area contributed by atoms with Gasteiger partial charge in [0.05, 0.1) is 25.6 Å². The van der Waals surface area contributed by atoms with E-state index in [1.807, 2.05) is 39.5 Å². The summed E-state index contributed by atoms with van der Waals surface area (Å²) in [7, 11) is 1.86. The van der Waals surface area contributed by atoms with E-state index in [0.717, 1.165) is 49.9 Å². The van der Waals surface area contributed by atoms with Gasteiger partial charge < -0.3 is 24.3 Å². The Morgan fingerprint density at radius 2 is 2.03 bits per heavy atom. The number of rotatable bonds is 8. The van der Waals surface area contributed by atoms with Gasteiger partial charge in [-0.3, -0.25) is 4.99 Å². The van der Waals surface area contributed by atoms with Gasteiger partial charge in [-0.05, 0) is 50.3 Å². The molecule has 1 aliphatic rings. The minimum absolute atomic E-state index is 0.416. The van der Waals surface area contributed by atoms with Crippen LogP contribution < -0.4 is 14.8 Å². The molecular formula is C23H35N5O2. The fourth-order valence-corrected chi connectivity index (χ4v) is 4.00. The zero-order valence-electron chi connectivity index (χ0n) is 18.7. The predicted octanol–water partition coefficient (Wildman–Crippen LogP) is 3.38. The molecule has 2 atom stereocenters. The Bertz CT molecular complexity index is 806. The molecule has 0 amide bonds. The maximum absolute atomic E-state index is 5.75. The molecule has 3 rings (SSSR count). The quantitative estimate of drug-likeness (QED) is 0.531. The molecule has 1 aliphatic heterocycles. The Morgan fingerprint density at radius 3 is 2.73 bits per heavy atom. The van der Waals surface area contributed by atoms with Crippen LogP contribution in [0.15, 0.2) is 41.9 Å². The third-order valence-electron chi connectivity index (χ3n) is 5.64. The minimum Gasteiger partial charge on any atom is -0.490 e. The van der Waals surface area contributed by atoms with Crippen LogP contribution in [0.4, 0.5) is 0 Å². The number of nitrogens with one attached hydrogen (secondary N) is 1. The van der Waals surface area contributed by atoms with Crippen molar-refractivity contribution in [1.29, 1.82) is 0 Å². The van der Waals surface area contributed by atoms with Gasteiger partial charge in [0.2, 0.25) is 0 Å². The van der Waals surface area contributed by atoms with Crippen LogP contribution in [-0.2, 0) is 6.42 Å². The summed E-state index contributed by atoms with van der Waals surface area (Å²) in [5.41, 5.74) is 1.22. The Labute approximate surface area is 180 Å². The Morgan fingerprint density at radius 1 is 1.23 bits per heavy atom. The van der Waals surface area contributed by atoms with Crippen LogP contribution in [-0.4, -0.2) is 60.3 Å². The first-order valence-electron chi connectivity index (χ1n) is 11.0. The number of aromatic nitrogens is 2. The SMILES string of the molecule is CCOc1ccc(CCNC(=NC)N2CCC(C)C(n3ccnc3)C2)cc1OCC. The molecular weight excluding hydrogens is 378 g/mol. The van der Waals surface area contributed by atoms with Gasteiger partial charge >= 0.3 is 0 Å². The maximum Gasteiger partial charge on any atom is 0.193 e. The average Bonchev–Trinajstić information content (AvgIpc) is 3.28. The second-order valence-corrected chi connectivity index (χ2v) is 7.66. The number of ether oxygens (including phenoxy) is 2. The molecule has 0 radical (unpaired) electrons. The predicted molar refractivity (Wildman–Crippen MR) is 120 cm³/mol. The number of likely N-dealkylation sites (tertiary alicyclic amines) is 1. The van der Waals surface area contributed by atoms with Crippen LogP contribution in [0.2, 0.25) is 0 Å². The van der Waals surface area contributed by atoms with Gasteiger partial charge in [-0.15, -0.1) is 0 Å². The summed E-state index contributed by atoms with van der Waals surface area (Å²) < 4.78 is 13.6. The fraction of sp³-hybridized carbons (Fsp3) is 0.565. The van der Waals surface area contributed by atoms with Gasteiger partial charge in [0, 0.05) is 39.1 Å². The van der Waals surface area contributed by atoms with Crippen molar-refractivity contribution in [2.75, 3.05) is 39.9 Å². The number of hydrogen-bond donors (Lipinski definition) is 1. The number of aliphatic imine (C=N–C) groups is 1. The number of hydrogen-bond acceptors (Lipinski definition) is 4. The molecule has 1 aromatic heterocycles. The standard InChI is InChI=1S/C23H35N5O2/c1-5-29-21-8-7-19(15-22(21)30-6-2)9-11-26-23(24-4)27-13-10-18(3)20(16-27)28-14-12-25-17-28/h7-8,12,14-15,17-18,20H,5-6,9-11,13,16H2,1-4H3,(H,24,26). The van der Waals surface area contributed by atoms with Gasteiger partial charge in [-0.25, -0.2) is 4.98 Å². The lowest BCUT2D eigenvalue weighted by atomic mass is 9.93. The topological polar surface area (TPSA) is 63.9 Å². The molecule has 7 nitrogen and oxygen atoms in total. The van der Waals surface area contributed by atoms with E-state index in [2.05, 4.69) is 50.0 Å². The number of piperidine rings is 1. The van der Waals surface area contributed by atoms with Crippen molar-refractivity contribution in [2.24, 2.45) is 10.9 Å². The number of benzene rings is 1. The monoisotopic (exact) mass is 413 g/mol. The average molecular weight is 414 g/mol.